The predicted molar refractivity (Wildman–Crippen MR) is 86.6 cm³/mol. The van der Waals surface area contributed by atoms with Gasteiger partial charge in [-0.2, -0.15) is 5.10 Å². The van der Waals surface area contributed by atoms with Gasteiger partial charge >= 0.3 is 0 Å². The molecule has 2 N–H and O–H groups in total. The van der Waals surface area contributed by atoms with Gasteiger partial charge in [-0.15, -0.1) is 11.3 Å². The van der Waals surface area contributed by atoms with Crippen LogP contribution >= 0.6 is 11.3 Å². The Hall–Kier alpha value is -1.89. The van der Waals surface area contributed by atoms with E-state index in [1.807, 2.05) is 23.9 Å². The lowest BCUT2D eigenvalue weighted by Gasteiger charge is -2.10. The van der Waals surface area contributed by atoms with Gasteiger partial charge in [0.2, 0.25) is 0 Å². The minimum Gasteiger partial charge on any atom is -0.356 e. The van der Waals surface area contributed by atoms with E-state index in [2.05, 4.69) is 32.6 Å². The summed E-state index contributed by atoms with van der Waals surface area (Å²) in [6.45, 7) is 6.60. The van der Waals surface area contributed by atoms with Crippen LogP contribution in [0, 0.1) is 13.8 Å². The second-order valence-electron chi connectivity index (χ2n) is 4.72. The molecule has 0 aliphatic rings. The molecule has 0 radical (unpaired) electrons. The van der Waals surface area contributed by atoms with Crippen LogP contribution in [0.5, 0.6) is 0 Å². The van der Waals surface area contributed by atoms with Gasteiger partial charge in [-0.3, -0.25) is 9.67 Å². The second-order valence-corrected chi connectivity index (χ2v) is 6.01. The standard InChI is InChI=1S/C14H22N6S/c1-11-12(2)21-13(19-11)10-17-14(15-3)16-6-4-8-20-9-5-7-18-20/h5,7,9H,4,6,8,10H2,1-3H3,(H2,15,16,17). The summed E-state index contributed by atoms with van der Waals surface area (Å²) < 4.78 is 1.93. The quantitative estimate of drug-likeness (QED) is 0.484. The zero-order valence-electron chi connectivity index (χ0n) is 12.8. The Kier molecular flexibility index (Phi) is 5.74. The van der Waals surface area contributed by atoms with Gasteiger partial charge in [-0.1, -0.05) is 0 Å². The molecule has 0 saturated carbocycles. The Balaban J connectivity index is 1.68. The minimum absolute atomic E-state index is 0.707. The van der Waals surface area contributed by atoms with Gasteiger partial charge in [0.05, 0.1) is 12.2 Å². The lowest BCUT2D eigenvalue weighted by atomic mass is 10.4. The summed E-state index contributed by atoms with van der Waals surface area (Å²) in [5.74, 6) is 0.806. The molecule has 0 atom stereocenters. The normalized spacial score (nSPS) is 11.7. The Morgan fingerprint density at radius 2 is 2.24 bits per heavy atom. The number of nitrogens with one attached hydrogen (secondary N) is 2. The molecule has 2 aromatic rings. The van der Waals surface area contributed by atoms with E-state index in [4.69, 9.17) is 0 Å². The molecule has 2 heterocycles. The van der Waals surface area contributed by atoms with Crippen LogP contribution in [0.3, 0.4) is 0 Å². The number of rotatable bonds is 6. The summed E-state index contributed by atoms with van der Waals surface area (Å²) in [5, 5.41) is 11.8. The van der Waals surface area contributed by atoms with Crippen molar-refractivity contribution in [2.24, 2.45) is 4.99 Å². The molecule has 7 heteroatoms. The number of aryl methyl sites for hydroxylation is 3. The number of thiazole rings is 1. The molecule has 21 heavy (non-hydrogen) atoms. The zero-order chi connectivity index (χ0) is 15.1. The summed E-state index contributed by atoms with van der Waals surface area (Å²) in [6.07, 6.45) is 4.77. The van der Waals surface area contributed by atoms with Gasteiger partial charge in [-0.25, -0.2) is 4.98 Å². The van der Waals surface area contributed by atoms with E-state index < -0.39 is 0 Å². The third-order valence-electron chi connectivity index (χ3n) is 3.12. The van der Waals surface area contributed by atoms with Gasteiger partial charge in [0.25, 0.3) is 0 Å². The van der Waals surface area contributed by atoms with Gasteiger partial charge in [0, 0.05) is 37.4 Å². The number of guanidine groups is 1. The summed E-state index contributed by atoms with van der Waals surface area (Å²) in [6, 6.07) is 1.94. The van der Waals surface area contributed by atoms with Crippen molar-refractivity contribution < 1.29 is 0 Å². The third-order valence-corrected chi connectivity index (χ3v) is 4.19. The summed E-state index contributed by atoms with van der Waals surface area (Å²) in [7, 11) is 1.78. The lowest BCUT2D eigenvalue weighted by molar-refractivity contribution is 0.570. The average Bonchev–Trinajstić information content (AvgIpc) is 3.09. The molecule has 2 aromatic heterocycles. The van der Waals surface area contributed by atoms with Crippen molar-refractivity contribution in [3.8, 4) is 0 Å². The largest absolute Gasteiger partial charge is 0.356 e. The van der Waals surface area contributed by atoms with Crippen molar-refractivity contribution in [1.82, 2.24) is 25.4 Å². The first kappa shape index (κ1) is 15.5. The van der Waals surface area contributed by atoms with Crippen LogP contribution in [0.25, 0.3) is 0 Å². The molecule has 6 nitrogen and oxygen atoms in total. The fourth-order valence-corrected chi connectivity index (χ4v) is 2.75. The van der Waals surface area contributed by atoms with E-state index in [1.165, 1.54) is 4.88 Å². The fraction of sp³-hybridized carbons (Fsp3) is 0.500. The maximum Gasteiger partial charge on any atom is 0.191 e. The number of hydrogen-bond acceptors (Lipinski definition) is 4. The first-order valence-corrected chi connectivity index (χ1v) is 7.85. The smallest absolute Gasteiger partial charge is 0.191 e. The Labute approximate surface area is 129 Å². The van der Waals surface area contributed by atoms with E-state index in [0.717, 1.165) is 36.2 Å². The summed E-state index contributed by atoms with van der Waals surface area (Å²) in [5.41, 5.74) is 1.11. The second kappa shape index (κ2) is 7.78. The summed E-state index contributed by atoms with van der Waals surface area (Å²) in [4.78, 5) is 10.00. The highest BCUT2D eigenvalue weighted by atomic mass is 32.1. The molecule has 0 amide bonds. The molecule has 0 aliphatic carbocycles. The first-order valence-electron chi connectivity index (χ1n) is 7.04. The first-order chi connectivity index (χ1) is 10.2. The predicted octanol–water partition coefficient (Wildman–Crippen LogP) is 1.71. The van der Waals surface area contributed by atoms with Crippen LogP contribution in [-0.4, -0.2) is 34.3 Å². The van der Waals surface area contributed by atoms with Crippen molar-refractivity contribution in [3.05, 3.63) is 34.0 Å². The Bertz CT molecular complexity index is 553. The number of hydrogen-bond donors (Lipinski definition) is 2. The van der Waals surface area contributed by atoms with E-state index in [-0.39, 0.29) is 0 Å². The van der Waals surface area contributed by atoms with Crippen LogP contribution in [0.2, 0.25) is 0 Å². The topological polar surface area (TPSA) is 67.1 Å². The Morgan fingerprint density at radius 1 is 1.38 bits per heavy atom. The van der Waals surface area contributed by atoms with Crippen LogP contribution in [-0.2, 0) is 13.1 Å². The maximum absolute atomic E-state index is 4.51. The average molecular weight is 306 g/mol. The SMILES string of the molecule is CN=C(NCCCn1cccn1)NCc1nc(C)c(C)s1. The van der Waals surface area contributed by atoms with Crippen LogP contribution in [0.1, 0.15) is 22.0 Å². The molecular formula is C14H22N6S. The van der Waals surface area contributed by atoms with Crippen LogP contribution < -0.4 is 10.6 Å². The molecule has 0 aromatic carbocycles. The fourth-order valence-electron chi connectivity index (χ4n) is 1.88. The van der Waals surface area contributed by atoms with E-state index >= 15 is 0 Å². The molecule has 0 fully saturated rings. The Morgan fingerprint density at radius 3 is 2.86 bits per heavy atom. The van der Waals surface area contributed by atoms with Crippen molar-refractivity contribution in [1.29, 1.82) is 0 Å². The van der Waals surface area contributed by atoms with Crippen molar-refractivity contribution in [2.75, 3.05) is 13.6 Å². The molecule has 0 bridgehead atoms. The van der Waals surface area contributed by atoms with E-state index in [0.29, 0.717) is 6.54 Å². The molecule has 0 unspecified atom stereocenters. The van der Waals surface area contributed by atoms with Crippen LogP contribution in [0.4, 0.5) is 0 Å². The molecule has 0 spiro atoms. The molecule has 0 saturated heterocycles. The van der Waals surface area contributed by atoms with Crippen molar-refractivity contribution in [3.63, 3.8) is 0 Å². The highest BCUT2D eigenvalue weighted by Gasteiger charge is 2.04. The van der Waals surface area contributed by atoms with E-state index in [1.54, 1.807) is 24.6 Å². The van der Waals surface area contributed by atoms with Gasteiger partial charge in [0.1, 0.15) is 5.01 Å². The van der Waals surface area contributed by atoms with Crippen molar-refractivity contribution in [2.45, 2.75) is 33.4 Å². The lowest BCUT2D eigenvalue weighted by Crippen LogP contribution is -2.37. The molecule has 114 valence electrons. The third kappa shape index (κ3) is 4.86. The van der Waals surface area contributed by atoms with Crippen molar-refractivity contribution >= 4 is 17.3 Å². The maximum atomic E-state index is 4.51. The number of aliphatic imine (C=N–C) groups is 1. The monoisotopic (exact) mass is 306 g/mol. The van der Waals surface area contributed by atoms with Gasteiger partial charge in [0.15, 0.2) is 5.96 Å². The minimum atomic E-state index is 0.707. The molecule has 2 rings (SSSR count). The van der Waals surface area contributed by atoms with Crippen LogP contribution in [0.15, 0.2) is 23.5 Å². The number of nitrogens with zero attached hydrogens (tertiary/aromatic N) is 4. The van der Waals surface area contributed by atoms with Gasteiger partial charge in [-0.05, 0) is 26.3 Å². The number of aromatic nitrogens is 3. The van der Waals surface area contributed by atoms with E-state index in [9.17, 15) is 0 Å². The molecular weight excluding hydrogens is 284 g/mol. The highest BCUT2D eigenvalue weighted by Crippen LogP contribution is 2.15. The zero-order valence-corrected chi connectivity index (χ0v) is 13.6. The highest BCUT2D eigenvalue weighted by molar-refractivity contribution is 7.11. The van der Waals surface area contributed by atoms with Gasteiger partial charge < -0.3 is 10.6 Å². The summed E-state index contributed by atoms with van der Waals surface area (Å²) >= 11 is 1.73. The molecule has 0 aliphatic heterocycles.